The van der Waals surface area contributed by atoms with Crippen LogP contribution >= 0.6 is 0 Å². The second-order valence-electron chi connectivity index (χ2n) is 3.89. The van der Waals surface area contributed by atoms with Gasteiger partial charge in [-0.15, -0.1) is 0 Å². The highest BCUT2D eigenvalue weighted by Gasteiger charge is 2.03. The van der Waals surface area contributed by atoms with Crippen LogP contribution in [0.1, 0.15) is 5.56 Å². The molecule has 0 spiro atoms. The lowest BCUT2D eigenvalue weighted by molar-refractivity contribution is 1.33. The summed E-state index contributed by atoms with van der Waals surface area (Å²) in [5.74, 6) is 0.884. The maximum Gasteiger partial charge on any atom is 0.138 e. The maximum atomic E-state index is 5.45. The van der Waals surface area contributed by atoms with Crippen molar-refractivity contribution in [2.45, 2.75) is 0 Å². The second-order valence-corrected chi connectivity index (χ2v) is 3.89. The third-order valence-corrected chi connectivity index (χ3v) is 2.77. The molecule has 0 saturated heterocycles. The molecule has 2 nitrogen and oxygen atoms in total. The molecule has 1 radical (unpaired) electrons. The van der Waals surface area contributed by atoms with Crippen molar-refractivity contribution in [2.75, 3.05) is 0 Å². The number of para-hydroxylation sites is 2. The molecular weight excluding hydrogens is 208 g/mol. The van der Waals surface area contributed by atoms with Gasteiger partial charge in [0, 0.05) is 5.56 Å². The van der Waals surface area contributed by atoms with Gasteiger partial charge in [0.15, 0.2) is 0 Å². The average Bonchev–Trinajstić information content (AvgIpc) is 2.82. The molecule has 0 atom stereocenters. The van der Waals surface area contributed by atoms with E-state index in [0.29, 0.717) is 0 Å². The predicted molar refractivity (Wildman–Crippen MR) is 70.3 cm³/mol. The van der Waals surface area contributed by atoms with Gasteiger partial charge in [0.2, 0.25) is 0 Å². The normalized spacial score (nSPS) is 10.6. The van der Waals surface area contributed by atoms with Crippen molar-refractivity contribution in [3.63, 3.8) is 0 Å². The Hall–Kier alpha value is -2.35. The van der Waals surface area contributed by atoms with E-state index < -0.39 is 0 Å². The van der Waals surface area contributed by atoms with Gasteiger partial charge < -0.3 is 4.98 Å². The zero-order valence-electron chi connectivity index (χ0n) is 9.22. The number of nitrogens with one attached hydrogen (secondary N) is 1. The van der Waals surface area contributed by atoms with Gasteiger partial charge in [-0.3, -0.25) is 0 Å². The summed E-state index contributed by atoms with van der Waals surface area (Å²) >= 11 is 0. The number of hydrogen-bond donors (Lipinski definition) is 1. The minimum atomic E-state index is 0.884. The molecule has 3 rings (SSSR count). The van der Waals surface area contributed by atoms with Crippen molar-refractivity contribution >= 4 is 17.1 Å². The van der Waals surface area contributed by atoms with Gasteiger partial charge in [0.1, 0.15) is 5.82 Å². The Morgan fingerprint density at radius 2 is 1.76 bits per heavy atom. The number of imidazole rings is 1. The van der Waals surface area contributed by atoms with Crippen molar-refractivity contribution in [1.82, 2.24) is 9.97 Å². The number of benzene rings is 2. The van der Waals surface area contributed by atoms with Crippen molar-refractivity contribution in [2.24, 2.45) is 0 Å². The lowest BCUT2D eigenvalue weighted by Gasteiger charge is -1.97. The topological polar surface area (TPSA) is 28.7 Å². The molecule has 0 bridgehead atoms. The Labute approximate surface area is 99.6 Å². The van der Waals surface area contributed by atoms with Crippen molar-refractivity contribution in [1.29, 1.82) is 0 Å². The van der Waals surface area contributed by atoms with E-state index in [2.05, 4.69) is 9.97 Å². The van der Waals surface area contributed by atoms with E-state index >= 15 is 0 Å². The van der Waals surface area contributed by atoms with Gasteiger partial charge in [0.05, 0.1) is 11.0 Å². The minimum absolute atomic E-state index is 0.884. The number of rotatable bonds is 2. The monoisotopic (exact) mass is 219 g/mol. The molecule has 2 aromatic carbocycles. The number of fused-ring (bicyclic) bond motifs is 1. The molecule has 0 unspecified atom stereocenters. The zero-order valence-corrected chi connectivity index (χ0v) is 9.22. The van der Waals surface area contributed by atoms with Gasteiger partial charge in [-0.1, -0.05) is 49.1 Å². The highest BCUT2D eigenvalue weighted by atomic mass is 14.9. The molecule has 1 N–H and O–H groups in total. The van der Waals surface area contributed by atoms with Crippen LogP contribution in [0.4, 0.5) is 0 Å². The standard InChI is InChI=1S/C15H11N2/c1-2-11-7-9-12(10-8-11)15-16-13-5-3-4-6-14(13)17-15/h1-10H,(H,16,17). The predicted octanol–water partition coefficient (Wildman–Crippen LogP) is 3.68. The van der Waals surface area contributed by atoms with Crippen molar-refractivity contribution in [3.8, 4) is 11.4 Å². The Morgan fingerprint density at radius 1 is 1.00 bits per heavy atom. The van der Waals surface area contributed by atoms with E-state index in [9.17, 15) is 0 Å². The first-order valence-corrected chi connectivity index (χ1v) is 5.47. The van der Waals surface area contributed by atoms with Crippen LogP contribution in [0.2, 0.25) is 0 Å². The first-order chi connectivity index (χ1) is 8.36. The maximum absolute atomic E-state index is 5.45. The highest BCUT2D eigenvalue weighted by molar-refractivity contribution is 5.79. The van der Waals surface area contributed by atoms with E-state index in [1.807, 2.05) is 48.5 Å². The van der Waals surface area contributed by atoms with Crippen LogP contribution in [0.25, 0.3) is 28.5 Å². The fourth-order valence-electron chi connectivity index (χ4n) is 1.84. The number of aromatic nitrogens is 2. The van der Waals surface area contributed by atoms with Crippen LogP contribution in [0.15, 0.2) is 48.5 Å². The molecule has 1 aromatic heterocycles. The van der Waals surface area contributed by atoms with E-state index in [1.165, 1.54) is 0 Å². The number of hydrogen-bond acceptors (Lipinski definition) is 1. The van der Waals surface area contributed by atoms with Gasteiger partial charge in [-0.25, -0.2) is 4.98 Å². The van der Waals surface area contributed by atoms with E-state index in [0.717, 1.165) is 28.0 Å². The van der Waals surface area contributed by atoms with Crippen molar-refractivity contribution < 1.29 is 0 Å². The summed E-state index contributed by atoms with van der Waals surface area (Å²) in [6.07, 6.45) is 1.59. The van der Waals surface area contributed by atoms with E-state index in [-0.39, 0.29) is 0 Å². The largest absolute Gasteiger partial charge is 0.338 e. The molecule has 2 heteroatoms. The van der Waals surface area contributed by atoms with Gasteiger partial charge in [-0.05, 0) is 17.7 Å². The molecule has 0 aliphatic rings. The SMILES string of the molecule is [CH]=Cc1ccc(-c2nc3ccccc3[nH]2)cc1. The van der Waals surface area contributed by atoms with Crippen LogP contribution in [0.3, 0.4) is 0 Å². The molecule has 81 valence electrons. The third-order valence-electron chi connectivity index (χ3n) is 2.77. The quantitative estimate of drug-likeness (QED) is 0.699. The van der Waals surface area contributed by atoms with Crippen LogP contribution in [-0.4, -0.2) is 9.97 Å². The Balaban J connectivity index is 2.10. The summed E-state index contributed by atoms with van der Waals surface area (Å²) in [7, 11) is 0. The number of aromatic amines is 1. The summed E-state index contributed by atoms with van der Waals surface area (Å²) in [6.45, 7) is 5.45. The average molecular weight is 219 g/mol. The first-order valence-electron chi connectivity index (χ1n) is 5.47. The van der Waals surface area contributed by atoms with E-state index in [1.54, 1.807) is 6.08 Å². The lowest BCUT2D eigenvalue weighted by Crippen LogP contribution is -1.80. The summed E-state index contributed by atoms with van der Waals surface area (Å²) in [5.41, 5.74) is 4.10. The summed E-state index contributed by atoms with van der Waals surface area (Å²) in [6, 6.07) is 16.0. The molecule has 17 heavy (non-hydrogen) atoms. The van der Waals surface area contributed by atoms with Crippen molar-refractivity contribution in [3.05, 3.63) is 60.7 Å². The zero-order chi connectivity index (χ0) is 11.7. The molecule has 0 aliphatic heterocycles. The van der Waals surface area contributed by atoms with Crippen LogP contribution in [0, 0.1) is 6.58 Å². The first kappa shape index (κ1) is 9.85. The minimum Gasteiger partial charge on any atom is -0.338 e. The number of nitrogens with zero attached hydrogens (tertiary/aromatic N) is 1. The Morgan fingerprint density at radius 3 is 2.47 bits per heavy atom. The summed E-state index contributed by atoms with van der Waals surface area (Å²) in [4.78, 5) is 7.84. The fourth-order valence-corrected chi connectivity index (χ4v) is 1.84. The van der Waals surface area contributed by atoms with Gasteiger partial charge >= 0.3 is 0 Å². The van der Waals surface area contributed by atoms with Crippen LogP contribution in [0.5, 0.6) is 0 Å². The Bertz CT molecular complexity index is 630. The number of H-pyrrole nitrogens is 1. The molecule has 1 heterocycles. The Kier molecular flexibility index (Phi) is 2.26. The molecule has 0 saturated carbocycles. The lowest BCUT2D eigenvalue weighted by atomic mass is 10.1. The summed E-state index contributed by atoms with van der Waals surface area (Å²) < 4.78 is 0. The molecule has 0 fully saturated rings. The summed E-state index contributed by atoms with van der Waals surface area (Å²) in [5, 5.41) is 0. The van der Waals surface area contributed by atoms with Gasteiger partial charge in [-0.2, -0.15) is 0 Å². The second kappa shape index (κ2) is 3.91. The molecule has 0 aliphatic carbocycles. The molecular formula is C15H11N2. The van der Waals surface area contributed by atoms with Crippen LogP contribution < -0.4 is 0 Å². The highest BCUT2D eigenvalue weighted by Crippen LogP contribution is 2.20. The smallest absolute Gasteiger partial charge is 0.138 e. The fraction of sp³-hybridized carbons (Fsp3) is 0. The van der Waals surface area contributed by atoms with E-state index in [4.69, 9.17) is 6.58 Å². The van der Waals surface area contributed by atoms with Gasteiger partial charge in [0.25, 0.3) is 0 Å². The molecule has 0 amide bonds. The van der Waals surface area contributed by atoms with Crippen LogP contribution in [-0.2, 0) is 0 Å². The third kappa shape index (κ3) is 1.74. The molecule has 3 aromatic rings.